The largest absolute Gasteiger partial charge is 0.507 e. The van der Waals surface area contributed by atoms with E-state index in [0.717, 1.165) is 11.6 Å². The molecule has 0 fully saturated rings. The van der Waals surface area contributed by atoms with Gasteiger partial charge in [0.1, 0.15) is 5.75 Å². The Balaban J connectivity index is 2.21. The van der Waals surface area contributed by atoms with Crippen LogP contribution < -0.4 is 5.73 Å². The molecule has 122 valence electrons. The van der Waals surface area contributed by atoms with Gasteiger partial charge in [0.05, 0.1) is 4.90 Å². The number of benzene rings is 3. The number of phenols is 1. The standard InChI is InChI=1S/C18H15NO4S/c19-16-9-7-13-10-14(24(21,22)23)11-17(20)18(13)15(16)8-6-12-4-2-1-3-5-12/h1-11,20H,19H2,(H,21,22,23)/b8-6+. The Kier molecular flexibility index (Phi) is 4.01. The maximum atomic E-state index is 11.3. The molecule has 0 bridgehead atoms. The number of hydrogen-bond donors (Lipinski definition) is 3. The minimum Gasteiger partial charge on any atom is -0.507 e. The first kappa shape index (κ1) is 16.0. The number of nitrogens with two attached hydrogens (primary N) is 1. The highest BCUT2D eigenvalue weighted by Crippen LogP contribution is 2.35. The van der Waals surface area contributed by atoms with E-state index >= 15 is 0 Å². The Morgan fingerprint density at radius 3 is 2.33 bits per heavy atom. The van der Waals surface area contributed by atoms with Gasteiger partial charge in [-0.3, -0.25) is 4.55 Å². The molecular formula is C18H15NO4S. The van der Waals surface area contributed by atoms with E-state index in [4.69, 9.17) is 5.73 Å². The lowest BCUT2D eigenvalue weighted by atomic mass is 10.0. The number of phenolic OH excluding ortho intramolecular Hbond substituents is 1. The minimum absolute atomic E-state index is 0.264. The second-order valence-electron chi connectivity index (χ2n) is 5.33. The van der Waals surface area contributed by atoms with Crippen LogP contribution in [0.2, 0.25) is 0 Å². The molecule has 0 aliphatic rings. The third kappa shape index (κ3) is 3.10. The van der Waals surface area contributed by atoms with Crippen molar-refractivity contribution < 1.29 is 18.1 Å². The number of anilines is 1. The van der Waals surface area contributed by atoms with Gasteiger partial charge in [0, 0.05) is 22.7 Å². The third-order valence-corrected chi connectivity index (χ3v) is 4.52. The fourth-order valence-electron chi connectivity index (χ4n) is 2.53. The summed E-state index contributed by atoms with van der Waals surface area (Å²) < 4.78 is 31.8. The van der Waals surface area contributed by atoms with Gasteiger partial charge >= 0.3 is 0 Å². The molecule has 0 atom stereocenters. The molecule has 24 heavy (non-hydrogen) atoms. The number of hydrogen-bond acceptors (Lipinski definition) is 4. The van der Waals surface area contributed by atoms with Gasteiger partial charge < -0.3 is 10.8 Å². The van der Waals surface area contributed by atoms with Gasteiger partial charge in [0.25, 0.3) is 10.1 Å². The van der Waals surface area contributed by atoms with Gasteiger partial charge in [-0.05, 0) is 23.1 Å². The zero-order valence-corrected chi connectivity index (χ0v) is 13.4. The van der Waals surface area contributed by atoms with Gasteiger partial charge in [-0.15, -0.1) is 0 Å². The van der Waals surface area contributed by atoms with Crippen LogP contribution in [0.4, 0.5) is 5.69 Å². The Hall–Kier alpha value is -2.83. The molecule has 0 spiro atoms. The van der Waals surface area contributed by atoms with Crippen LogP contribution in [0.5, 0.6) is 5.75 Å². The van der Waals surface area contributed by atoms with E-state index < -0.39 is 10.1 Å². The third-order valence-electron chi connectivity index (χ3n) is 3.68. The normalized spacial score (nSPS) is 12.0. The molecule has 0 radical (unpaired) electrons. The van der Waals surface area contributed by atoms with Crippen LogP contribution in [-0.2, 0) is 10.1 Å². The second kappa shape index (κ2) is 5.99. The summed E-state index contributed by atoms with van der Waals surface area (Å²) >= 11 is 0. The minimum atomic E-state index is -4.40. The quantitative estimate of drug-likeness (QED) is 0.384. The summed E-state index contributed by atoms with van der Waals surface area (Å²) in [7, 11) is -4.40. The topological polar surface area (TPSA) is 101 Å². The molecule has 3 rings (SSSR count). The molecule has 0 aromatic heterocycles. The Labute approximate surface area is 139 Å². The van der Waals surface area contributed by atoms with Crippen LogP contribution in [0.15, 0.2) is 59.5 Å². The molecule has 4 N–H and O–H groups in total. The lowest BCUT2D eigenvalue weighted by Gasteiger charge is -2.10. The molecule has 0 amide bonds. The molecule has 6 heteroatoms. The summed E-state index contributed by atoms with van der Waals surface area (Å²) in [6, 6.07) is 15.1. The molecule has 0 heterocycles. The van der Waals surface area contributed by atoms with Crippen molar-refractivity contribution in [1.29, 1.82) is 0 Å². The molecule has 0 aliphatic carbocycles. The van der Waals surface area contributed by atoms with Crippen LogP contribution in [-0.4, -0.2) is 18.1 Å². The van der Waals surface area contributed by atoms with Crippen LogP contribution in [0, 0.1) is 0 Å². The Morgan fingerprint density at radius 1 is 0.958 bits per heavy atom. The van der Waals surface area contributed by atoms with Gasteiger partial charge in [0.2, 0.25) is 0 Å². The monoisotopic (exact) mass is 341 g/mol. The van der Waals surface area contributed by atoms with Crippen LogP contribution >= 0.6 is 0 Å². The van der Waals surface area contributed by atoms with Crippen molar-refractivity contribution in [3.8, 4) is 5.75 Å². The van der Waals surface area contributed by atoms with Gasteiger partial charge in [-0.1, -0.05) is 48.6 Å². The predicted octanol–water partition coefficient (Wildman–Crippen LogP) is 3.54. The molecule has 0 aliphatic heterocycles. The molecule has 0 saturated carbocycles. The highest BCUT2D eigenvalue weighted by Gasteiger charge is 2.15. The molecule has 5 nitrogen and oxygen atoms in total. The molecule has 3 aromatic rings. The van der Waals surface area contributed by atoms with E-state index in [9.17, 15) is 18.1 Å². The maximum absolute atomic E-state index is 11.3. The van der Waals surface area contributed by atoms with Crippen LogP contribution in [0.3, 0.4) is 0 Å². The van der Waals surface area contributed by atoms with Crippen molar-refractivity contribution in [2.45, 2.75) is 4.90 Å². The maximum Gasteiger partial charge on any atom is 0.294 e. The summed E-state index contributed by atoms with van der Waals surface area (Å²) in [6.07, 6.45) is 3.61. The average Bonchev–Trinajstić information content (AvgIpc) is 2.54. The van der Waals surface area contributed by atoms with Crippen molar-refractivity contribution in [3.05, 3.63) is 65.7 Å². The van der Waals surface area contributed by atoms with E-state index in [1.54, 1.807) is 18.2 Å². The van der Waals surface area contributed by atoms with Crippen molar-refractivity contribution in [3.63, 3.8) is 0 Å². The summed E-state index contributed by atoms with van der Waals surface area (Å²) in [5.74, 6) is -0.264. The highest BCUT2D eigenvalue weighted by molar-refractivity contribution is 7.85. The summed E-state index contributed by atoms with van der Waals surface area (Å²) in [5.41, 5.74) is 8.00. The van der Waals surface area contributed by atoms with Gasteiger partial charge in [-0.2, -0.15) is 8.42 Å². The van der Waals surface area contributed by atoms with E-state index in [1.165, 1.54) is 6.07 Å². The zero-order chi connectivity index (χ0) is 17.3. The zero-order valence-electron chi connectivity index (χ0n) is 12.5. The fraction of sp³-hybridized carbons (Fsp3) is 0. The highest BCUT2D eigenvalue weighted by atomic mass is 32.2. The van der Waals surface area contributed by atoms with E-state index in [0.29, 0.717) is 22.0 Å². The van der Waals surface area contributed by atoms with E-state index in [-0.39, 0.29) is 10.6 Å². The number of aromatic hydroxyl groups is 1. The first-order valence-corrected chi connectivity index (χ1v) is 8.56. The van der Waals surface area contributed by atoms with Gasteiger partial charge in [0.15, 0.2) is 0 Å². The van der Waals surface area contributed by atoms with Crippen molar-refractivity contribution in [2.75, 3.05) is 5.73 Å². The predicted molar refractivity (Wildman–Crippen MR) is 95.2 cm³/mol. The van der Waals surface area contributed by atoms with Crippen LogP contribution in [0.1, 0.15) is 11.1 Å². The first-order chi connectivity index (χ1) is 11.4. The Morgan fingerprint density at radius 2 is 1.67 bits per heavy atom. The van der Waals surface area contributed by atoms with Crippen molar-refractivity contribution in [1.82, 2.24) is 0 Å². The SMILES string of the molecule is Nc1ccc2cc(S(=O)(=O)O)cc(O)c2c1/C=C/c1ccccc1. The molecule has 3 aromatic carbocycles. The van der Waals surface area contributed by atoms with Crippen molar-refractivity contribution >= 4 is 38.7 Å². The Bertz CT molecular complexity index is 1040. The number of rotatable bonds is 3. The number of nitrogen functional groups attached to an aromatic ring is 1. The lowest BCUT2D eigenvalue weighted by molar-refractivity contribution is 0.471. The molecule has 0 saturated heterocycles. The molecule has 0 unspecified atom stereocenters. The second-order valence-corrected chi connectivity index (χ2v) is 6.75. The lowest BCUT2D eigenvalue weighted by Crippen LogP contribution is -1.99. The van der Waals surface area contributed by atoms with E-state index in [1.807, 2.05) is 36.4 Å². The summed E-state index contributed by atoms with van der Waals surface area (Å²) in [6.45, 7) is 0. The smallest absolute Gasteiger partial charge is 0.294 e. The summed E-state index contributed by atoms with van der Waals surface area (Å²) in [5, 5.41) is 11.1. The summed E-state index contributed by atoms with van der Waals surface area (Å²) in [4.78, 5) is -0.365. The van der Waals surface area contributed by atoms with Gasteiger partial charge in [-0.25, -0.2) is 0 Å². The first-order valence-electron chi connectivity index (χ1n) is 7.12. The molecular weight excluding hydrogens is 326 g/mol. The van der Waals surface area contributed by atoms with E-state index in [2.05, 4.69) is 0 Å². The number of fused-ring (bicyclic) bond motifs is 1. The van der Waals surface area contributed by atoms with Crippen LogP contribution in [0.25, 0.3) is 22.9 Å². The average molecular weight is 341 g/mol. The van der Waals surface area contributed by atoms with Crippen molar-refractivity contribution in [2.24, 2.45) is 0 Å². The fourth-order valence-corrected chi connectivity index (χ4v) is 3.07.